The van der Waals surface area contributed by atoms with Gasteiger partial charge in [0, 0.05) is 19.8 Å². The molecular formula is C16H12F5N. The highest BCUT2D eigenvalue weighted by molar-refractivity contribution is 5.71. The molecule has 116 valence electrons. The Morgan fingerprint density at radius 1 is 0.682 bits per heavy atom. The smallest absolute Gasteiger partial charge is 0.200 e. The predicted octanol–water partition coefficient (Wildman–Crippen LogP) is 4.62. The summed E-state index contributed by atoms with van der Waals surface area (Å²) >= 11 is 0. The zero-order chi connectivity index (χ0) is 16.4. The monoisotopic (exact) mass is 313 g/mol. The molecule has 0 fully saturated rings. The van der Waals surface area contributed by atoms with Gasteiger partial charge in [0.25, 0.3) is 0 Å². The number of benzene rings is 2. The fourth-order valence-corrected chi connectivity index (χ4v) is 1.83. The Hall–Kier alpha value is -2.37. The van der Waals surface area contributed by atoms with Crippen molar-refractivity contribution in [3.63, 3.8) is 0 Å². The molecule has 0 N–H and O–H groups in total. The quantitative estimate of drug-likeness (QED) is 0.346. The summed E-state index contributed by atoms with van der Waals surface area (Å²) in [7, 11) is 3.69. The molecular weight excluding hydrogens is 301 g/mol. The van der Waals surface area contributed by atoms with Gasteiger partial charge in [0.1, 0.15) is 0 Å². The largest absolute Gasteiger partial charge is 0.378 e. The molecule has 0 saturated carbocycles. The maximum absolute atomic E-state index is 13.5. The second-order valence-electron chi connectivity index (χ2n) is 4.80. The molecule has 2 aromatic carbocycles. The molecule has 22 heavy (non-hydrogen) atoms. The Morgan fingerprint density at radius 2 is 1.14 bits per heavy atom. The van der Waals surface area contributed by atoms with Crippen LogP contribution in [0.15, 0.2) is 24.3 Å². The van der Waals surface area contributed by atoms with Crippen LogP contribution >= 0.6 is 0 Å². The van der Waals surface area contributed by atoms with Gasteiger partial charge in [-0.1, -0.05) is 18.2 Å². The molecule has 0 atom stereocenters. The molecule has 0 radical (unpaired) electrons. The maximum Gasteiger partial charge on any atom is 0.200 e. The minimum absolute atomic E-state index is 0.564. The highest BCUT2D eigenvalue weighted by atomic mass is 19.2. The third kappa shape index (κ3) is 2.95. The van der Waals surface area contributed by atoms with E-state index in [2.05, 4.69) is 0 Å². The van der Waals surface area contributed by atoms with Crippen LogP contribution in [0, 0.1) is 29.1 Å². The van der Waals surface area contributed by atoms with E-state index in [1.165, 1.54) is 6.08 Å². The van der Waals surface area contributed by atoms with Crippen molar-refractivity contribution >= 4 is 17.8 Å². The molecule has 2 rings (SSSR count). The summed E-state index contributed by atoms with van der Waals surface area (Å²) in [6, 6.07) is 6.85. The number of hydrogen-bond donors (Lipinski definition) is 0. The molecule has 0 bridgehead atoms. The summed E-state index contributed by atoms with van der Waals surface area (Å²) < 4.78 is 66.1. The lowest BCUT2D eigenvalue weighted by atomic mass is 10.1. The normalized spacial score (nSPS) is 11.2. The van der Waals surface area contributed by atoms with E-state index >= 15 is 0 Å². The summed E-state index contributed by atoms with van der Waals surface area (Å²) in [4.78, 5) is 1.86. The summed E-state index contributed by atoms with van der Waals surface area (Å²) in [5.41, 5.74) is 0.510. The van der Waals surface area contributed by atoms with Gasteiger partial charge >= 0.3 is 0 Å². The Labute approximate surface area is 124 Å². The van der Waals surface area contributed by atoms with Crippen LogP contribution in [0.25, 0.3) is 12.2 Å². The van der Waals surface area contributed by atoms with Crippen LogP contribution in [-0.4, -0.2) is 14.1 Å². The van der Waals surface area contributed by atoms with Crippen molar-refractivity contribution in [3.05, 3.63) is 64.5 Å². The highest BCUT2D eigenvalue weighted by Crippen LogP contribution is 2.25. The van der Waals surface area contributed by atoms with Gasteiger partial charge in [-0.05, 0) is 23.8 Å². The van der Waals surface area contributed by atoms with E-state index in [-0.39, 0.29) is 0 Å². The van der Waals surface area contributed by atoms with Gasteiger partial charge in [-0.3, -0.25) is 0 Å². The number of nitrogens with zero attached hydrogens (tertiary/aromatic N) is 1. The number of hydrogen-bond acceptors (Lipinski definition) is 1. The van der Waals surface area contributed by atoms with Crippen LogP contribution in [0.4, 0.5) is 27.6 Å². The molecule has 0 spiro atoms. The van der Waals surface area contributed by atoms with Crippen LogP contribution in [-0.2, 0) is 0 Å². The van der Waals surface area contributed by atoms with Gasteiger partial charge in [0.2, 0.25) is 5.82 Å². The topological polar surface area (TPSA) is 3.24 Å². The SMILES string of the molecule is CN(C)c1ccc(/C=C/c2c(F)c(F)c(F)c(F)c2F)cc1. The molecule has 0 heterocycles. The first-order valence-corrected chi connectivity index (χ1v) is 6.29. The molecule has 0 saturated heterocycles. The molecule has 1 nitrogen and oxygen atoms in total. The first-order valence-electron chi connectivity index (χ1n) is 6.29. The average Bonchev–Trinajstić information content (AvgIpc) is 2.51. The van der Waals surface area contributed by atoms with Gasteiger partial charge < -0.3 is 4.90 Å². The highest BCUT2D eigenvalue weighted by Gasteiger charge is 2.24. The van der Waals surface area contributed by atoms with E-state index in [1.807, 2.05) is 19.0 Å². The standard InChI is InChI=1S/C16H12F5N/c1-22(2)10-6-3-9(4-7-10)5-8-11-12(17)14(19)16(21)15(20)13(11)18/h3-8H,1-2H3/b8-5+. The van der Waals surface area contributed by atoms with Crippen LogP contribution in [0.5, 0.6) is 0 Å². The Morgan fingerprint density at radius 3 is 1.59 bits per heavy atom. The third-order valence-electron chi connectivity index (χ3n) is 3.10. The lowest BCUT2D eigenvalue weighted by Crippen LogP contribution is -2.07. The Kier molecular flexibility index (Phi) is 4.49. The lowest BCUT2D eigenvalue weighted by molar-refractivity contribution is 0.377. The van der Waals surface area contributed by atoms with E-state index < -0.39 is 34.6 Å². The minimum atomic E-state index is -2.16. The van der Waals surface area contributed by atoms with E-state index in [0.29, 0.717) is 5.56 Å². The molecule has 0 amide bonds. The average molecular weight is 313 g/mol. The lowest BCUT2D eigenvalue weighted by Gasteiger charge is -2.11. The van der Waals surface area contributed by atoms with E-state index in [4.69, 9.17) is 0 Å². The molecule has 0 aliphatic heterocycles. The molecule has 0 aliphatic carbocycles. The van der Waals surface area contributed by atoms with E-state index in [1.54, 1.807) is 24.3 Å². The molecule has 2 aromatic rings. The number of rotatable bonds is 3. The summed E-state index contributed by atoms with van der Waals surface area (Å²) in [6.07, 6.45) is 2.14. The predicted molar refractivity (Wildman–Crippen MR) is 75.9 cm³/mol. The molecule has 0 aromatic heterocycles. The fraction of sp³-hybridized carbons (Fsp3) is 0.125. The third-order valence-corrected chi connectivity index (χ3v) is 3.10. The van der Waals surface area contributed by atoms with Crippen LogP contribution < -0.4 is 4.90 Å². The van der Waals surface area contributed by atoms with Gasteiger partial charge in [-0.15, -0.1) is 0 Å². The van der Waals surface area contributed by atoms with E-state index in [9.17, 15) is 22.0 Å². The first kappa shape index (κ1) is 16.0. The minimum Gasteiger partial charge on any atom is -0.378 e. The van der Waals surface area contributed by atoms with Crippen molar-refractivity contribution in [1.82, 2.24) is 0 Å². The maximum atomic E-state index is 13.5. The number of anilines is 1. The molecule has 0 aliphatic rings. The molecule has 6 heteroatoms. The van der Waals surface area contributed by atoms with Gasteiger partial charge in [-0.2, -0.15) is 0 Å². The summed E-state index contributed by atoms with van der Waals surface area (Å²) in [6.45, 7) is 0. The van der Waals surface area contributed by atoms with Crippen molar-refractivity contribution < 1.29 is 22.0 Å². The van der Waals surface area contributed by atoms with Crippen molar-refractivity contribution in [2.75, 3.05) is 19.0 Å². The summed E-state index contributed by atoms with van der Waals surface area (Å²) in [5.74, 6) is -9.78. The van der Waals surface area contributed by atoms with Crippen LogP contribution in [0.1, 0.15) is 11.1 Å². The van der Waals surface area contributed by atoms with Crippen molar-refractivity contribution in [1.29, 1.82) is 0 Å². The van der Waals surface area contributed by atoms with Crippen molar-refractivity contribution in [2.24, 2.45) is 0 Å². The van der Waals surface area contributed by atoms with E-state index in [0.717, 1.165) is 11.8 Å². The summed E-state index contributed by atoms with van der Waals surface area (Å²) in [5, 5.41) is 0. The van der Waals surface area contributed by atoms with Crippen LogP contribution in [0.3, 0.4) is 0 Å². The van der Waals surface area contributed by atoms with Crippen LogP contribution in [0.2, 0.25) is 0 Å². The van der Waals surface area contributed by atoms with Crippen molar-refractivity contribution in [3.8, 4) is 0 Å². The van der Waals surface area contributed by atoms with Gasteiger partial charge in [0.05, 0.1) is 5.56 Å². The fourth-order valence-electron chi connectivity index (χ4n) is 1.83. The zero-order valence-corrected chi connectivity index (χ0v) is 11.8. The zero-order valence-electron chi connectivity index (χ0n) is 11.8. The number of halogens is 5. The van der Waals surface area contributed by atoms with Gasteiger partial charge in [-0.25, -0.2) is 22.0 Å². The Balaban J connectivity index is 2.38. The molecule has 0 unspecified atom stereocenters. The van der Waals surface area contributed by atoms with Crippen molar-refractivity contribution in [2.45, 2.75) is 0 Å². The Bertz CT molecular complexity index is 691. The second-order valence-corrected chi connectivity index (χ2v) is 4.80. The van der Waals surface area contributed by atoms with Gasteiger partial charge in [0.15, 0.2) is 23.3 Å². The second kappa shape index (κ2) is 6.17. The first-order chi connectivity index (χ1) is 10.3.